The summed E-state index contributed by atoms with van der Waals surface area (Å²) in [5.74, 6) is -0.102. The van der Waals surface area contributed by atoms with E-state index in [1.165, 1.54) is 0 Å². The van der Waals surface area contributed by atoms with Gasteiger partial charge in [0, 0.05) is 24.1 Å². The molecule has 2 heterocycles. The van der Waals surface area contributed by atoms with Gasteiger partial charge in [-0.1, -0.05) is 30.3 Å². The lowest BCUT2D eigenvalue weighted by Gasteiger charge is -2.54. The first kappa shape index (κ1) is 10.9. The second-order valence-corrected chi connectivity index (χ2v) is 6.97. The van der Waals surface area contributed by atoms with Gasteiger partial charge in [0.05, 0.1) is 5.75 Å². The molecule has 3 rings (SSSR count). The fourth-order valence-corrected chi connectivity index (χ4v) is 5.29. The zero-order valence-corrected chi connectivity index (χ0v) is 10.0. The minimum Gasteiger partial charge on any atom is -0.315 e. The third kappa shape index (κ3) is 1.46. The van der Waals surface area contributed by atoms with Gasteiger partial charge in [-0.05, 0) is 0 Å². The lowest BCUT2D eigenvalue weighted by atomic mass is 9.76. The Balaban J connectivity index is 1.96. The smallest absolute Gasteiger partial charge is 0.181 e. The lowest BCUT2D eigenvalue weighted by molar-refractivity contribution is 0.0833. The molecule has 0 bridgehead atoms. The first-order valence-electron chi connectivity index (χ1n) is 5.57. The number of hydrogen-bond donors (Lipinski definition) is 1. The lowest BCUT2D eigenvalue weighted by Crippen LogP contribution is -2.74. The number of carbonyl (C=O) groups is 1. The number of Topliss-reactive ketones (excluding diaryl/α,β-unsaturated/α-hetero) is 1. The Hall–Kier alpha value is -1.20. The van der Waals surface area contributed by atoms with Crippen LogP contribution in [0.2, 0.25) is 0 Å². The van der Waals surface area contributed by atoms with Gasteiger partial charge in [0.1, 0.15) is 5.25 Å². The molecule has 1 unspecified atom stereocenters. The summed E-state index contributed by atoms with van der Waals surface area (Å²) in [6.45, 7) is 1.27. The quantitative estimate of drug-likeness (QED) is 0.766. The minimum absolute atomic E-state index is 0.149. The first-order chi connectivity index (χ1) is 8.05. The number of rotatable bonds is 2. The average molecular weight is 251 g/mol. The summed E-state index contributed by atoms with van der Waals surface area (Å²) in [7, 11) is -3.23. The van der Waals surface area contributed by atoms with Crippen molar-refractivity contribution in [3.8, 4) is 0 Å². The maximum absolute atomic E-state index is 12.2. The van der Waals surface area contributed by atoms with Crippen molar-refractivity contribution in [2.45, 2.75) is 5.25 Å². The molecule has 0 saturated carbocycles. The molecule has 90 valence electrons. The molecule has 5 heteroatoms. The summed E-state index contributed by atoms with van der Waals surface area (Å²) in [6.07, 6.45) is 0. The van der Waals surface area contributed by atoms with Crippen molar-refractivity contribution in [1.29, 1.82) is 0 Å². The molecule has 1 N–H and O–H groups in total. The fraction of sp³-hybridized carbons (Fsp3) is 0.417. The van der Waals surface area contributed by atoms with Crippen molar-refractivity contribution < 1.29 is 13.2 Å². The topological polar surface area (TPSA) is 63.2 Å². The Morgan fingerprint density at radius 1 is 1.24 bits per heavy atom. The van der Waals surface area contributed by atoms with E-state index in [-0.39, 0.29) is 17.0 Å². The summed E-state index contributed by atoms with van der Waals surface area (Å²) in [5.41, 5.74) is 0.165. The van der Waals surface area contributed by atoms with Crippen molar-refractivity contribution in [3.05, 3.63) is 35.9 Å². The van der Waals surface area contributed by atoms with Gasteiger partial charge < -0.3 is 5.32 Å². The summed E-state index contributed by atoms with van der Waals surface area (Å²) in [4.78, 5) is 12.2. The Kier molecular flexibility index (Phi) is 2.18. The van der Waals surface area contributed by atoms with E-state index in [1.54, 1.807) is 24.3 Å². The van der Waals surface area contributed by atoms with Gasteiger partial charge in [-0.2, -0.15) is 0 Å². The number of ketones is 1. The predicted molar refractivity (Wildman–Crippen MR) is 63.7 cm³/mol. The van der Waals surface area contributed by atoms with Crippen LogP contribution in [0.15, 0.2) is 30.3 Å². The van der Waals surface area contributed by atoms with Gasteiger partial charge in [-0.3, -0.25) is 4.79 Å². The standard InChI is InChI=1S/C12H13NO3S/c14-10(9-4-2-1-3-5-9)11-12(6-13-7-12)8-17(11,15)16/h1-5,11,13H,6-8H2. The second kappa shape index (κ2) is 3.40. The molecular formula is C12H13NO3S. The Morgan fingerprint density at radius 2 is 1.88 bits per heavy atom. The van der Waals surface area contributed by atoms with Crippen LogP contribution in [0, 0.1) is 5.41 Å². The molecule has 0 radical (unpaired) electrons. The average Bonchev–Trinajstić information content (AvgIpc) is 2.25. The normalized spacial score (nSPS) is 28.1. The molecule has 4 nitrogen and oxygen atoms in total. The van der Waals surface area contributed by atoms with Gasteiger partial charge in [-0.15, -0.1) is 0 Å². The Bertz CT molecular complexity index is 561. The third-order valence-corrected chi connectivity index (χ3v) is 6.06. The summed E-state index contributed by atoms with van der Waals surface area (Å²) < 4.78 is 23.6. The molecule has 2 fully saturated rings. The van der Waals surface area contributed by atoms with Crippen LogP contribution in [0.3, 0.4) is 0 Å². The minimum atomic E-state index is -3.23. The van der Waals surface area contributed by atoms with E-state index < -0.39 is 15.1 Å². The Morgan fingerprint density at radius 3 is 2.35 bits per heavy atom. The highest BCUT2D eigenvalue weighted by atomic mass is 32.2. The predicted octanol–water partition coefficient (Wildman–Crippen LogP) is 0.256. The molecule has 0 aliphatic carbocycles. The molecule has 1 aromatic rings. The van der Waals surface area contributed by atoms with Crippen LogP contribution < -0.4 is 5.32 Å². The van der Waals surface area contributed by atoms with Crippen LogP contribution in [-0.4, -0.2) is 38.3 Å². The molecule has 2 aliphatic rings. The summed E-state index contributed by atoms with van der Waals surface area (Å²) in [6, 6.07) is 8.67. The highest BCUT2D eigenvalue weighted by Crippen LogP contribution is 2.45. The van der Waals surface area contributed by atoms with Gasteiger partial charge in [0.2, 0.25) is 0 Å². The maximum atomic E-state index is 12.2. The van der Waals surface area contributed by atoms with Gasteiger partial charge in [0.25, 0.3) is 0 Å². The van der Waals surface area contributed by atoms with Crippen molar-refractivity contribution in [2.24, 2.45) is 5.41 Å². The van der Waals surface area contributed by atoms with E-state index in [0.717, 1.165) is 0 Å². The molecule has 1 atom stereocenters. The van der Waals surface area contributed by atoms with Crippen molar-refractivity contribution in [2.75, 3.05) is 18.8 Å². The number of nitrogens with one attached hydrogen (secondary N) is 1. The van der Waals surface area contributed by atoms with E-state index in [4.69, 9.17) is 0 Å². The van der Waals surface area contributed by atoms with Crippen LogP contribution in [0.1, 0.15) is 10.4 Å². The van der Waals surface area contributed by atoms with Crippen LogP contribution in [0.5, 0.6) is 0 Å². The first-order valence-corrected chi connectivity index (χ1v) is 7.28. The molecule has 2 saturated heterocycles. The monoisotopic (exact) mass is 251 g/mol. The van der Waals surface area contributed by atoms with Crippen LogP contribution in [0.4, 0.5) is 0 Å². The fourth-order valence-electron chi connectivity index (χ4n) is 2.77. The SMILES string of the molecule is O=C(c1ccccc1)C1C2(CNC2)CS1(=O)=O. The van der Waals surface area contributed by atoms with Gasteiger partial charge >= 0.3 is 0 Å². The molecule has 1 spiro atoms. The van der Waals surface area contributed by atoms with Crippen LogP contribution in [-0.2, 0) is 9.84 Å². The molecule has 2 aliphatic heterocycles. The molecular weight excluding hydrogens is 238 g/mol. The van der Waals surface area contributed by atoms with Gasteiger partial charge in [0.15, 0.2) is 15.6 Å². The second-order valence-electron chi connectivity index (χ2n) is 4.88. The molecule has 0 aromatic heterocycles. The zero-order valence-electron chi connectivity index (χ0n) is 9.22. The largest absolute Gasteiger partial charge is 0.315 e. The van der Waals surface area contributed by atoms with E-state index in [0.29, 0.717) is 18.7 Å². The van der Waals surface area contributed by atoms with Crippen molar-refractivity contribution in [1.82, 2.24) is 5.32 Å². The van der Waals surface area contributed by atoms with E-state index >= 15 is 0 Å². The highest BCUT2D eigenvalue weighted by molar-refractivity contribution is 7.94. The van der Waals surface area contributed by atoms with Crippen LogP contribution in [0.25, 0.3) is 0 Å². The third-order valence-electron chi connectivity index (χ3n) is 3.65. The van der Waals surface area contributed by atoms with Crippen molar-refractivity contribution in [3.63, 3.8) is 0 Å². The number of carbonyl (C=O) groups excluding carboxylic acids is 1. The van der Waals surface area contributed by atoms with E-state index in [9.17, 15) is 13.2 Å². The van der Waals surface area contributed by atoms with E-state index in [2.05, 4.69) is 5.32 Å². The Labute approximate surface area is 99.9 Å². The molecule has 1 aromatic carbocycles. The van der Waals surface area contributed by atoms with Gasteiger partial charge in [-0.25, -0.2) is 8.42 Å². The number of benzene rings is 1. The number of hydrogen-bond acceptors (Lipinski definition) is 4. The molecule has 0 amide bonds. The number of sulfone groups is 1. The van der Waals surface area contributed by atoms with Crippen molar-refractivity contribution >= 4 is 15.6 Å². The maximum Gasteiger partial charge on any atom is 0.181 e. The summed E-state index contributed by atoms with van der Waals surface area (Å²) >= 11 is 0. The zero-order chi connectivity index (χ0) is 12.1. The summed E-state index contributed by atoms with van der Waals surface area (Å²) in [5, 5.41) is 2.23. The van der Waals surface area contributed by atoms with Crippen LogP contribution >= 0.6 is 0 Å². The molecule has 17 heavy (non-hydrogen) atoms. The highest BCUT2D eigenvalue weighted by Gasteiger charge is 2.64. The van der Waals surface area contributed by atoms with E-state index in [1.807, 2.05) is 6.07 Å².